The quantitative estimate of drug-likeness (QED) is 0.676. The van der Waals surface area contributed by atoms with Gasteiger partial charge in [0, 0.05) is 12.5 Å². The first-order chi connectivity index (χ1) is 10.8. The van der Waals surface area contributed by atoms with Crippen LogP contribution in [-0.4, -0.2) is 36.1 Å². The Morgan fingerprint density at radius 1 is 1.22 bits per heavy atom. The highest BCUT2D eigenvalue weighted by Crippen LogP contribution is 2.19. The van der Waals surface area contributed by atoms with Crippen molar-refractivity contribution in [2.45, 2.75) is 45.3 Å². The van der Waals surface area contributed by atoms with Crippen LogP contribution in [0.1, 0.15) is 32.3 Å². The summed E-state index contributed by atoms with van der Waals surface area (Å²) in [4.78, 5) is 24.0. The minimum absolute atomic E-state index is 0.0471. The lowest BCUT2D eigenvalue weighted by atomic mass is 9.89. The van der Waals surface area contributed by atoms with E-state index in [-0.39, 0.29) is 12.3 Å². The van der Waals surface area contributed by atoms with Crippen molar-refractivity contribution in [1.29, 1.82) is 0 Å². The van der Waals surface area contributed by atoms with Crippen molar-refractivity contribution < 1.29 is 19.4 Å². The zero-order valence-electron chi connectivity index (χ0n) is 14.1. The zero-order chi connectivity index (χ0) is 17.4. The van der Waals surface area contributed by atoms with Crippen LogP contribution in [0.25, 0.3) is 0 Å². The van der Waals surface area contributed by atoms with Crippen LogP contribution < -0.4 is 5.73 Å². The van der Waals surface area contributed by atoms with E-state index < -0.39 is 29.8 Å². The summed E-state index contributed by atoms with van der Waals surface area (Å²) in [6.07, 6.45) is -0.386. The third kappa shape index (κ3) is 6.50. The number of nitrogens with two attached hydrogens (primary N) is 1. The van der Waals surface area contributed by atoms with Gasteiger partial charge in [-0.1, -0.05) is 44.2 Å². The Bertz CT molecular complexity index is 501. The summed E-state index contributed by atoms with van der Waals surface area (Å²) in [7, 11) is 1.30. The number of hydrogen-bond donors (Lipinski definition) is 2. The Kier molecular flexibility index (Phi) is 7.92. The highest BCUT2D eigenvalue weighted by atomic mass is 16.5. The van der Waals surface area contributed by atoms with Crippen molar-refractivity contribution in [3.63, 3.8) is 0 Å². The van der Waals surface area contributed by atoms with Crippen molar-refractivity contribution >= 4 is 11.8 Å². The molecule has 5 heteroatoms. The zero-order valence-corrected chi connectivity index (χ0v) is 14.1. The van der Waals surface area contributed by atoms with E-state index in [1.807, 2.05) is 44.2 Å². The summed E-state index contributed by atoms with van der Waals surface area (Å²) >= 11 is 0. The largest absolute Gasteiger partial charge is 0.469 e. The number of aliphatic hydroxyl groups excluding tert-OH is 1. The molecule has 0 aliphatic carbocycles. The monoisotopic (exact) mass is 321 g/mol. The molecule has 0 saturated carbocycles. The van der Waals surface area contributed by atoms with Crippen LogP contribution in [0.15, 0.2) is 30.3 Å². The van der Waals surface area contributed by atoms with Crippen LogP contribution in [-0.2, 0) is 20.7 Å². The highest BCUT2D eigenvalue weighted by molar-refractivity contribution is 5.87. The molecule has 0 radical (unpaired) electrons. The average molecular weight is 321 g/mol. The van der Waals surface area contributed by atoms with Crippen LogP contribution in [0.5, 0.6) is 0 Å². The fourth-order valence-corrected chi connectivity index (χ4v) is 2.60. The summed E-state index contributed by atoms with van der Waals surface area (Å²) in [5.41, 5.74) is 6.91. The molecular weight excluding hydrogens is 294 g/mol. The van der Waals surface area contributed by atoms with Crippen molar-refractivity contribution in [2.24, 2.45) is 17.6 Å². The lowest BCUT2D eigenvalue weighted by molar-refractivity contribution is -0.148. The van der Waals surface area contributed by atoms with Gasteiger partial charge in [0.15, 0.2) is 5.78 Å². The summed E-state index contributed by atoms with van der Waals surface area (Å²) in [6.45, 7) is 3.94. The molecular formula is C18H27NO4. The number of carbonyl (C=O) groups is 2. The number of carbonyl (C=O) groups excluding carboxylic acids is 2. The first-order valence-electron chi connectivity index (χ1n) is 7.93. The number of methoxy groups -OCH3 is 1. The van der Waals surface area contributed by atoms with E-state index >= 15 is 0 Å². The van der Waals surface area contributed by atoms with Gasteiger partial charge in [0.05, 0.1) is 13.0 Å². The Morgan fingerprint density at radius 3 is 2.35 bits per heavy atom. The van der Waals surface area contributed by atoms with E-state index in [0.29, 0.717) is 12.8 Å². The topological polar surface area (TPSA) is 89.6 Å². The third-order valence-electron chi connectivity index (χ3n) is 3.79. The molecule has 0 bridgehead atoms. The fraction of sp³-hybridized carbons (Fsp3) is 0.556. The van der Waals surface area contributed by atoms with Gasteiger partial charge in [-0.25, -0.2) is 0 Å². The van der Waals surface area contributed by atoms with Gasteiger partial charge in [0.25, 0.3) is 0 Å². The van der Waals surface area contributed by atoms with Crippen LogP contribution >= 0.6 is 0 Å². The molecule has 3 N–H and O–H groups in total. The molecule has 23 heavy (non-hydrogen) atoms. The lowest BCUT2D eigenvalue weighted by Gasteiger charge is -2.21. The predicted octanol–water partition coefficient (Wildman–Crippen LogP) is 1.71. The summed E-state index contributed by atoms with van der Waals surface area (Å²) in [5.74, 6) is -1.12. The molecule has 0 heterocycles. The lowest BCUT2D eigenvalue weighted by Crippen LogP contribution is -2.43. The highest BCUT2D eigenvalue weighted by Gasteiger charge is 2.29. The van der Waals surface area contributed by atoms with Crippen LogP contribution in [0.2, 0.25) is 0 Å². The molecule has 0 unspecified atom stereocenters. The Morgan fingerprint density at radius 2 is 1.83 bits per heavy atom. The second kappa shape index (κ2) is 9.43. The molecule has 1 rings (SSSR count). The van der Waals surface area contributed by atoms with E-state index in [4.69, 9.17) is 10.5 Å². The molecule has 0 aliphatic rings. The Hall–Kier alpha value is -1.72. The molecule has 0 aliphatic heterocycles. The third-order valence-corrected chi connectivity index (χ3v) is 3.79. The molecule has 0 fully saturated rings. The van der Waals surface area contributed by atoms with E-state index in [9.17, 15) is 14.7 Å². The first kappa shape index (κ1) is 19.3. The standard InChI is InChI=1S/C18H27NO4/c1-12(2)9-14(18(22)23-3)11-16(20)17(21)15(19)10-13-7-5-4-6-8-13/h4-8,12,14-15,17,21H,9-11,19H2,1-3H3/t14-,15-,17+/m1/s1. The van der Waals surface area contributed by atoms with Gasteiger partial charge < -0.3 is 15.6 Å². The number of hydrogen-bond acceptors (Lipinski definition) is 5. The van der Waals surface area contributed by atoms with Crippen LogP contribution in [0, 0.1) is 11.8 Å². The summed E-state index contributed by atoms with van der Waals surface area (Å²) in [6, 6.07) is 8.75. The SMILES string of the molecule is COC(=O)[C@@H](CC(=O)[C@@H](O)[C@H](N)Cc1ccccc1)CC(C)C. The number of esters is 1. The van der Waals surface area contributed by atoms with E-state index in [1.165, 1.54) is 7.11 Å². The number of benzene rings is 1. The number of rotatable bonds is 9. The van der Waals surface area contributed by atoms with Crippen molar-refractivity contribution in [3.05, 3.63) is 35.9 Å². The molecule has 3 atom stereocenters. The summed E-state index contributed by atoms with van der Waals surface area (Å²) in [5, 5.41) is 10.2. The van der Waals surface area contributed by atoms with Gasteiger partial charge in [0.2, 0.25) is 0 Å². The van der Waals surface area contributed by atoms with Gasteiger partial charge in [-0.05, 0) is 24.3 Å². The summed E-state index contributed by atoms with van der Waals surface area (Å²) < 4.78 is 4.75. The minimum Gasteiger partial charge on any atom is -0.469 e. The van der Waals surface area contributed by atoms with Gasteiger partial charge in [0.1, 0.15) is 6.10 Å². The normalized spacial score (nSPS) is 15.0. The maximum Gasteiger partial charge on any atom is 0.309 e. The molecule has 1 aromatic rings. The number of ether oxygens (including phenoxy) is 1. The van der Waals surface area contributed by atoms with Crippen molar-refractivity contribution in [2.75, 3.05) is 7.11 Å². The molecule has 0 amide bonds. The van der Waals surface area contributed by atoms with E-state index in [1.54, 1.807) is 0 Å². The molecule has 1 aromatic carbocycles. The predicted molar refractivity (Wildman–Crippen MR) is 88.7 cm³/mol. The maximum atomic E-state index is 12.2. The Labute approximate surface area is 137 Å². The second-order valence-corrected chi connectivity index (χ2v) is 6.32. The van der Waals surface area contributed by atoms with E-state index in [2.05, 4.69) is 0 Å². The maximum absolute atomic E-state index is 12.2. The number of Topliss-reactive ketones (excluding diaryl/α,β-unsaturated/α-hetero) is 1. The molecule has 5 nitrogen and oxygen atoms in total. The second-order valence-electron chi connectivity index (χ2n) is 6.32. The van der Waals surface area contributed by atoms with Gasteiger partial charge in [-0.2, -0.15) is 0 Å². The number of aliphatic hydroxyl groups is 1. The van der Waals surface area contributed by atoms with Gasteiger partial charge >= 0.3 is 5.97 Å². The Balaban J connectivity index is 2.64. The molecule has 0 saturated heterocycles. The van der Waals surface area contributed by atoms with Crippen molar-refractivity contribution in [3.8, 4) is 0 Å². The first-order valence-corrected chi connectivity index (χ1v) is 7.93. The molecule has 0 spiro atoms. The molecule has 128 valence electrons. The van der Waals surface area contributed by atoms with Crippen molar-refractivity contribution in [1.82, 2.24) is 0 Å². The number of ketones is 1. The van der Waals surface area contributed by atoms with Crippen LogP contribution in [0.3, 0.4) is 0 Å². The van der Waals surface area contributed by atoms with Gasteiger partial charge in [-0.15, -0.1) is 0 Å². The average Bonchev–Trinajstić information content (AvgIpc) is 2.53. The van der Waals surface area contributed by atoms with Crippen LogP contribution in [0.4, 0.5) is 0 Å². The fourth-order valence-electron chi connectivity index (χ4n) is 2.60. The van der Waals surface area contributed by atoms with Gasteiger partial charge in [-0.3, -0.25) is 9.59 Å². The minimum atomic E-state index is -1.28. The van der Waals surface area contributed by atoms with E-state index in [0.717, 1.165) is 5.56 Å². The molecule has 0 aromatic heterocycles. The smallest absolute Gasteiger partial charge is 0.309 e.